The van der Waals surface area contributed by atoms with Gasteiger partial charge in [-0.15, -0.1) is 0 Å². The van der Waals surface area contributed by atoms with Crippen LogP contribution in [0.15, 0.2) is 60.7 Å². The van der Waals surface area contributed by atoms with E-state index >= 15 is 0 Å². The highest BCUT2D eigenvalue weighted by molar-refractivity contribution is 5.23. The minimum atomic E-state index is 0.666. The van der Waals surface area contributed by atoms with Gasteiger partial charge in [0.1, 0.15) is 0 Å². The van der Waals surface area contributed by atoms with Crippen LogP contribution in [0.3, 0.4) is 0 Å². The van der Waals surface area contributed by atoms with E-state index in [1.54, 1.807) is 49.7 Å². The fourth-order valence-electron chi connectivity index (χ4n) is 9.82. The van der Waals surface area contributed by atoms with Gasteiger partial charge in [0.25, 0.3) is 0 Å². The zero-order valence-electron chi connectivity index (χ0n) is 21.5. The third-order valence-electron chi connectivity index (χ3n) is 10.8. The molecule has 4 aliphatic carbocycles. The van der Waals surface area contributed by atoms with Crippen molar-refractivity contribution in [1.29, 1.82) is 0 Å². The Kier molecular flexibility index (Phi) is 6.02. The first-order valence-electron chi connectivity index (χ1n) is 14.8. The molecule has 2 atom stereocenters. The van der Waals surface area contributed by atoms with E-state index in [1.807, 2.05) is 0 Å². The van der Waals surface area contributed by atoms with Crippen LogP contribution < -0.4 is 0 Å². The molecule has 0 spiro atoms. The third kappa shape index (κ3) is 4.62. The van der Waals surface area contributed by atoms with Crippen molar-refractivity contribution < 1.29 is 0 Å². The normalized spacial score (nSPS) is 37.8. The number of rotatable bonds is 6. The Bertz CT molecular complexity index is 941. The van der Waals surface area contributed by atoms with Crippen molar-refractivity contribution in [2.24, 2.45) is 29.1 Å². The molecule has 35 heavy (non-hydrogen) atoms. The SMILES string of the molecule is c1ccc(C2CCN(C[C@H]3CN(CC45CC6CC(CC(C6)C4)C5)C[C@@H]3c3ccccc3)CC2)cc1. The summed E-state index contributed by atoms with van der Waals surface area (Å²) in [5, 5.41) is 0. The molecule has 2 nitrogen and oxygen atoms in total. The third-order valence-corrected chi connectivity index (χ3v) is 10.8. The minimum absolute atomic E-state index is 0.666. The number of hydrogen-bond acceptors (Lipinski definition) is 2. The Morgan fingerprint density at radius 1 is 0.657 bits per heavy atom. The Labute approximate surface area is 213 Å². The number of hydrogen-bond donors (Lipinski definition) is 0. The molecule has 2 aliphatic heterocycles. The lowest BCUT2D eigenvalue weighted by Crippen LogP contribution is -2.51. The van der Waals surface area contributed by atoms with Crippen LogP contribution in [0.5, 0.6) is 0 Å². The molecular weight excluding hydrogens is 424 g/mol. The zero-order chi connectivity index (χ0) is 23.2. The largest absolute Gasteiger partial charge is 0.303 e. The first-order valence-corrected chi connectivity index (χ1v) is 14.8. The second-order valence-corrected chi connectivity index (χ2v) is 13.4. The molecule has 0 aromatic heterocycles. The Balaban J connectivity index is 1.03. The van der Waals surface area contributed by atoms with E-state index in [0.717, 1.165) is 29.6 Å². The monoisotopic (exact) mass is 468 g/mol. The van der Waals surface area contributed by atoms with Gasteiger partial charge in [0, 0.05) is 32.1 Å². The van der Waals surface area contributed by atoms with E-state index < -0.39 is 0 Å². The second kappa shape index (κ2) is 9.34. The van der Waals surface area contributed by atoms with Gasteiger partial charge in [0.2, 0.25) is 0 Å². The summed E-state index contributed by atoms with van der Waals surface area (Å²) in [6.07, 6.45) is 12.0. The summed E-state index contributed by atoms with van der Waals surface area (Å²) < 4.78 is 0. The average Bonchev–Trinajstić information content (AvgIpc) is 3.26. The van der Waals surface area contributed by atoms with Gasteiger partial charge in [0.05, 0.1) is 0 Å². The minimum Gasteiger partial charge on any atom is -0.303 e. The molecule has 4 bridgehead atoms. The number of benzene rings is 2. The Hall–Kier alpha value is -1.64. The average molecular weight is 469 g/mol. The smallest absolute Gasteiger partial charge is 0.00543 e. The highest BCUT2D eigenvalue weighted by Gasteiger charge is 2.52. The molecule has 186 valence electrons. The predicted octanol–water partition coefficient (Wildman–Crippen LogP) is 6.80. The van der Waals surface area contributed by atoms with Crippen LogP contribution in [-0.4, -0.2) is 49.1 Å². The molecule has 0 N–H and O–H groups in total. The van der Waals surface area contributed by atoms with Crippen molar-refractivity contribution in [3.8, 4) is 0 Å². The van der Waals surface area contributed by atoms with Crippen molar-refractivity contribution in [2.45, 2.75) is 63.2 Å². The van der Waals surface area contributed by atoms with Crippen molar-refractivity contribution in [3.63, 3.8) is 0 Å². The van der Waals surface area contributed by atoms with E-state index in [2.05, 4.69) is 70.5 Å². The lowest BCUT2D eigenvalue weighted by atomic mass is 9.49. The van der Waals surface area contributed by atoms with Crippen LogP contribution in [0.25, 0.3) is 0 Å². The first-order chi connectivity index (χ1) is 17.2. The van der Waals surface area contributed by atoms with Crippen LogP contribution >= 0.6 is 0 Å². The van der Waals surface area contributed by atoms with Gasteiger partial charge in [0.15, 0.2) is 0 Å². The standard InChI is InChI=1S/C33H44N2/c1-3-7-28(8-4-1)29-11-13-34(14-12-29)21-31-22-35(23-32(31)30-9-5-2-6-10-30)24-33-18-25-15-26(19-33)17-27(16-25)20-33/h1-10,25-27,29,31-32H,11-24H2/t25?,26?,27?,31-,32+,33?/m0/s1. The highest BCUT2D eigenvalue weighted by Crippen LogP contribution is 2.60. The van der Waals surface area contributed by atoms with Crippen molar-refractivity contribution >= 4 is 0 Å². The van der Waals surface area contributed by atoms with Crippen LogP contribution in [0.2, 0.25) is 0 Å². The summed E-state index contributed by atoms with van der Waals surface area (Å²) in [5.74, 6) is 5.44. The van der Waals surface area contributed by atoms with Gasteiger partial charge in [-0.25, -0.2) is 0 Å². The lowest BCUT2D eigenvalue weighted by molar-refractivity contribution is -0.0670. The summed E-state index contributed by atoms with van der Waals surface area (Å²) in [6.45, 7) is 7.83. The molecule has 6 fully saturated rings. The molecule has 2 saturated heterocycles. The topological polar surface area (TPSA) is 6.48 Å². The van der Waals surface area contributed by atoms with Gasteiger partial charge in [-0.2, -0.15) is 0 Å². The van der Waals surface area contributed by atoms with E-state index in [9.17, 15) is 0 Å². The molecule has 2 heteroatoms. The van der Waals surface area contributed by atoms with E-state index in [0.29, 0.717) is 11.3 Å². The maximum absolute atomic E-state index is 2.94. The van der Waals surface area contributed by atoms with Crippen LogP contribution in [0, 0.1) is 29.1 Å². The quantitative estimate of drug-likeness (QED) is 0.460. The van der Waals surface area contributed by atoms with Gasteiger partial charge in [-0.3, -0.25) is 0 Å². The molecule has 0 radical (unpaired) electrons. The summed E-state index contributed by atoms with van der Waals surface area (Å²) >= 11 is 0. The highest BCUT2D eigenvalue weighted by atomic mass is 15.2. The van der Waals surface area contributed by atoms with Crippen molar-refractivity contribution in [2.75, 3.05) is 39.3 Å². The van der Waals surface area contributed by atoms with E-state index in [4.69, 9.17) is 0 Å². The van der Waals surface area contributed by atoms with E-state index in [1.165, 1.54) is 52.1 Å². The van der Waals surface area contributed by atoms with Crippen molar-refractivity contribution in [1.82, 2.24) is 9.80 Å². The van der Waals surface area contributed by atoms with Crippen LogP contribution in [-0.2, 0) is 0 Å². The second-order valence-electron chi connectivity index (χ2n) is 13.4. The molecule has 0 unspecified atom stereocenters. The fraction of sp³-hybridized carbons (Fsp3) is 0.636. The molecule has 2 heterocycles. The number of nitrogens with zero attached hydrogens (tertiary/aromatic N) is 2. The Morgan fingerprint density at radius 3 is 1.83 bits per heavy atom. The molecule has 2 aromatic rings. The molecule has 2 aromatic carbocycles. The molecule has 6 aliphatic rings. The van der Waals surface area contributed by atoms with Crippen molar-refractivity contribution in [3.05, 3.63) is 71.8 Å². The predicted molar refractivity (Wildman–Crippen MR) is 145 cm³/mol. The number of piperidine rings is 1. The summed E-state index contributed by atoms with van der Waals surface area (Å²) in [6, 6.07) is 22.8. The Morgan fingerprint density at radius 2 is 1.23 bits per heavy atom. The molecule has 4 saturated carbocycles. The van der Waals surface area contributed by atoms with Crippen LogP contribution in [0.4, 0.5) is 0 Å². The lowest BCUT2D eigenvalue weighted by Gasteiger charge is -2.57. The van der Waals surface area contributed by atoms with Gasteiger partial charge < -0.3 is 9.80 Å². The van der Waals surface area contributed by atoms with Gasteiger partial charge in [-0.05, 0) is 111 Å². The molecule has 0 amide bonds. The maximum atomic E-state index is 2.94. The summed E-state index contributed by atoms with van der Waals surface area (Å²) in [5.41, 5.74) is 3.81. The van der Waals surface area contributed by atoms with Gasteiger partial charge >= 0.3 is 0 Å². The molecular formula is C33H44N2. The van der Waals surface area contributed by atoms with Crippen LogP contribution in [0.1, 0.15) is 74.3 Å². The summed E-state index contributed by atoms with van der Waals surface area (Å²) in [4.78, 5) is 5.75. The fourth-order valence-corrected chi connectivity index (χ4v) is 9.82. The maximum Gasteiger partial charge on any atom is 0.00543 e. The zero-order valence-corrected chi connectivity index (χ0v) is 21.5. The summed E-state index contributed by atoms with van der Waals surface area (Å²) in [7, 11) is 0. The number of likely N-dealkylation sites (tertiary alicyclic amines) is 2. The first kappa shape index (κ1) is 22.5. The van der Waals surface area contributed by atoms with E-state index in [-0.39, 0.29) is 0 Å². The molecule has 8 rings (SSSR count). The van der Waals surface area contributed by atoms with Gasteiger partial charge in [-0.1, -0.05) is 60.7 Å².